The summed E-state index contributed by atoms with van der Waals surface area (Å²) in [5, 5.41) is 1.44. The van der Waals surface area contributed by atoms with E-state index in [2.05, 4.69) is 16.7 Å². The molecule has 1 aliphatic rings. The van der Waals surface area contributed by atoms with E-state index in [0.717, 1.165) is 31.3 Å². The number of nitrogens with two attached hydrogens (primary N) is 1. The third kappa shape index (κ3) is 3.49. The highest BCUT2D eigenvalue weighted by atomic mass is 32.2. The van der Waals surface area contributed by atoms with Crippen molar-refractivity contribution in [1.29, 1.82) is 0 Å². The van der Waals surface area contributed by atoms with Crippen LogP contribution in [0.25, 0.3) is 10.8 Å². The van der Waals surface area contributed by atoms with E-state index in [9.17, 15) is 8.42 Å². The molecule has 0 spiro atoms. The third-order valence-corrected chi connectivity index (χ3v) is 6.09. The van der Waals surface area contributed by atoms with E-state index >= 15 is 0 Å². The molecule has 0 saturated carbocycles. The van der Waals surface area contributed by atoms with Gasteiger partial charge >= 0.3 is 0 Å². The van der Waals surface area contributed by atoms with Crippen molar-refractivity contribution in [1.82, 2.24) is 9.62 Å². The quantitative estimate of drug-likeness (QED) is 0.840. The van der Waals surface area contributed by atoms with Crippen molar-refractivity contribution in [2.75, 3.05) is 32.4 Å². The average molecular weight is 333 g/mol. The summed E-state index contributed by atoms with van der Waals surface area (Å²) >= 11 is 0. The monoisotopic (exact) mass is 333 g/mol. The summed E-state index contributed by atoms with van der Waals surface area (Å²) in [7, 11) is -1.44. The molecule has 3 rings (SSSR count). The van der Waals surface area contributed by atoms with Crippen LogP contribution < -0.4 is 10.5 Å². The molecule has 0 bridgehead atoms. The molecule has 6 heteroatoms. The number of nitrogens with zero attached hydrogens (tertiary/aromatic N) is 1. The summed E-state index contributed by atoms with van der Waals surface area (Å²) in [5.41, 5.74) is 6.54. The minimum Gasteiger partial charge on any atom is -0.398 e. The number of benzene rings is 2. The van der Waals surface area contributed by atoms with Crippen LogP contribution in [0.15, 0.2) is 41.3 Å². The largest absolute Gasteiger partial charge is 0.398 e. The normalized spacial score (nSPS) is 17.6. The fourth-order valence-electron chi connectivity index (χ4n) is 3.11. The summed E-state index contributed by atoms with van der Waals surface area (Å²) in [6, 6.07) is 10.6. The molecular formula is C17H23N3O2S. The fraction of sp³-hybridized carbons (Fsp3) is 0.412. The van der Waals surface area contributed by atoms with Crippen molar-refractivity contribution in [2.24, 2.45) is 5.92 Å². The lowest BCUT2D eigenvalue weighted by Gasteiger charge is -2.28. The van der Waals surface area contributed by atoms with Gasteiger partial charge in [-0.25, -0.2) is 13.1 Å². The molecule has 0 aromatic heterocycles. The fourth-order valence-corrected chi connectivity index (χ4v) is 4.45. The molecule has 124 valence electrons. The maximum atomic E-state index is 12.7. The van der Waals surface area contributed by atoms with Crippen LogP contribution in [0.5, 0.6) is 0 Å². The van der Waals surface area contributed by atoms with Gasteiger partial charge in [0.25, 0.3) is 0 Å². The van der Waals surface area contributed by atoms with Gasteiger partial charge in [0, 0.05) is 23.0 Å². The standard InChI is InChI=1S/C17H23N3O2S/c1-20-10-8-13(9-11-20)12-19-23(21,22)17-7-3-4-14-15(17)5-2-6-16(14)18/h2-7,13,19H,8-12,18H2,1H3. The number of sulfonamides is 1. The van der Waals surface area contributed by atoms with Crippen molar-refractivity contribution in [3.8, 4) is 0 Å². The highest BCUT2D eigenvalue weighted by Gasteiger charge is 2.22. The smallest absolute Gasteiger partial charge is 0.241 e. The molecule has 1 aliphatic heterocycles. The molecule has 0 amide bonds. The number of piperidine rings is 1. The maximum Gasteiger partial charge on any atom is 0.241 e. The predicted octanol–water partition coefficient (Wildman–Crippen LogP) is 2.04. The van der Waals surface area contributed by atoms with Gasteiger partial charge in [0.15, 0.2) is 0 Å². The van der Waals surface area contributed by atoms with Crippen LogP contribution in [0.4, 0.5) is 5.69 Å². The Kier molecular flexibility index (Phi) is 4.57. The maximum absolute atomic E-state index is 12.7. The molecule has 1 fully saturated rings. The van der Waals surface area contributed by atoms with Gasteiger partial charge in [-0.05, 0) is 51.0 Å². The van der Waals surface area contributed by atoms with Crippen molar-refractivity contribution in [2.45, 2.75) is 17.7 Å². The zero-order valence-electron chi connectivity index (χ0n) is 13.3. The van der Waals surface area contributed by atoms with Gasteiger partial charge in [-0.15, -0.1) is 0 Å². The number of likely N-dealkylation sites (tertiary alicyclic amines) is 1. The second-order valence-corrected chi connectivity index (χ2v) is 8.03. The van der Waals surface area contributed by atoms with Gasteiger partial charge in [-0.2, -0.15) is 0 Å². The van der Waals surface area contributed by atoms with E-state index in [1.165, 1.54) is 0 Å². The van der Waals surface area contributed by atoms with E-state index in [-0.39, 0.29) is 0 Å². The molecule has 1 heterocycles. The van der Waals surface area contributed by atoms with Crippen LogP contribution in [-0.2, 0) is 10.0 Å². The Labute approximate surface area is 137 Å². The first-order valence-corrected chi connectivity index (χ1v) is 9.41. The second kappa shape index (κ2) is 6.47. The van der Waals surface area contributed by atoms with Gasteiger partial charge in [0.2, 0.25) is 10.0 Å². The average Bonchev–Trinajstić information content (AvgIpc) is 2.54. The summed E-state index contributed by atoms with van der Waals surface area (Å²) in [5.74, 6) is 0.404. The Morgan fingerprint density at radius 2 is 1.78 bits per heavy atom. The van der Waals surface area contributed by atoms with Crippen LogP contribution in [0.1, 0.15) is 12.8 Å². The molecular weight excluding hydrogens is 310 g/mol. The predicted molar refractivity (Wildman–Crippen MR) is 93.8 cm³/mol. The first-order valence-electron chi connectivity index (χ1n) is 7.93. The van der Waals surface area contributed by atoms with Crippen molar-refractivity contribution >= 4 is 26.5 Å². The number of fused-ring (bicyclic) bond motifs is 1. The molecule has 0 aliphatic carbocycles. The molecule has 23 heavy (non-hydrogen) atoms. The molecule has 2 aromatic rings. The minimum absolute atomic E-state index is 0.301. The van der Waals surface area contributed by atoms with E-state index in [4.69, 9.17) is 5.73 Å². The summed E-state index contributed by atoms with van der Waals surface area (Å²) in [4.78, 5) is 2.58. The van der Waals surface area contributed by atoms with Crippen LogP contribution >= 0.6 is 0 Å². The zero-order chi connectivity index (χ0) is 16.4. The first-order chi connectivity index (χ1) is 11.0. The summed E-state index contributed by atoms with van der Waals surface area (Å²) in [6.07, 6.45) is 2.06. The molecule has 3 N–H and O–H groups in total. The molecule has 2 aromatic carbocycles. The van der Waals surface area contributed by atoms with E-state index in [1.807, 2.05) is 6.07 Å². The van der Waals surface area contributed by atoms with Crippen molar-refractivity contribution in [3.05, 3.63) is 36.4 Å². The first kappa shape index (κ1) is 16.2. The Balaban J connectivity index is 1.81. The summed E-state index contributed by atoms with van der Waals surface area (Å²) < 4.78 is 28.2. The van der Waals surface area contributed by atoms with Crippen molar-refractivity contribution < 1.29 is 8.42 Å². The van der Waals surface area contributed by atoms with Crippen LogP contribution in [0, 0.1) is 5.92 Å². The molecule has 0 radical (unpaired) electrons. The number of nitrogen functional groups attached to an aromatic ring is 1. The number of hydrogen-bond donors (Lipinski definition) is 2. The lowest BCUT2D eigenvalue weighted by Crippen LogP contribution is -2.36. The highest BCUT2D eigenvalue weighted by molar-refractivity contribution is 7.89. The van der Waals surface area contributed by atoms with Crippen LogP contribution in [0.2, 0.25) is 0 Å². The molecule has 0 unspecified atom stereocenters. The molecule has 5 nitrogen and oxygen atoms in total. The topological polar surface area (TPSA) is 75.4 Å². The molecule has 0 atom stereocenters. The Bertz CT molecular complexity index is 797. The number of nitrogens with one attached hydrogen (secondary N) is 1. The SMILES string of the molecule is CN1CCC(CNS(=O)(=O)c2cccc3c(N)cccc23)CC1. The van der Waals surface area contributed by atoms with E-state index in [0.29, 0.717) is 28.4 Å². The van der Waals surface area contributed by atoms with Gasteiger partial charge in [0.05, 0.1) is 4.90 Å². The lowest BCUT2D eigenvalue weighted by atomic mass is 9.98. The van der Waals surface area contributed by atoms with Gasteiger partial charge in [-0.1, -0.05) is 24.3 Å². The molecule has 1 saturated heterocycles. The second-order valence-electron chi connectivity index (χ2n) is 6.30. The zero-order valence-corrected chi connectivity index (χ0v) is 14.1. The number of rotatable bonds is 4. The van der Waals surface area contributed by atoms with Gasteiger partial charge < -0.3 is 10.6 Å². The highest BCUT2D eigenvalue weighted by Crippen LogP contribution is 2.27. The summed E-state index contributed by atoms with van der Waals surface area (Å²) in [6.45, 7) is 2.54. The Morgan fingerprint density at radius 1 is 1.13 bits per heavy atom. The number of hydrogen-bond acceptors (Lipinski definition) is 4. The van der Waals surface area contributed by atoms with E-state index < -0.39 is 10.0 Å². The lowest BCUT2D eigenvalue weighted by molar-refractivity contribution is 0.220. The Morgan fingerprint density at radius 3 is 2.52 bits per heavy atom. The van der Waals surface area contributed by atoms with Crippen LogP contribution in [0.3, 0.4) is 0 Å². The van der Waals surface area contributed by atoms with Crippen molar-refractivity contribution in [3.63, 3.8) is 0 Å². The van der Waals surface area contributed by atoms with Gasteiger partial charge in [-0.3, -0.25) is 0 Å². The Hall–Kier alpha value is -1.63. The minimum atomic E-state index is -3.54. The van der Waals surface area contributed by atoms with Crippen LogP contribution in [-0.4, -0.2) is 40.0 Å². The number of anilines is 1. The van der Waals surface area contributed by atoms with Gasteiger partial charge in [0.1, 0.15) is 0 Å². The van der Waals surface area contributed by atoms with E-state index in [1.54, 1.807) is 30.3 Å². The third-order valence-electron chi connectivity index (χ3n) is 4.61.